The molecule has 0 aliphatic rings. The predicted molar refractivity (Wildman–Crippen MR) is 56.2 cm³/mol. The summed E-state index contributed by atoms with van der Waals surface area (Å²) in [5, 5.41) is 0. The van der Waals surface area contributed by atoms with Gasteiger partial charge in [0.1, 0.15) is 11.6 Å². The van der Waals surface area contributed by atoms with E-state index in [0.717, 1.165) is 0 Å². The van der Waals surface area contributed by atoms with Crippen LogP contribution in [-0.4, -0.2) is 0 Å². The van der Waals surface area contributed by atoms with Crippen molar-refractivity contribution in [3.8, 4) is 11.3 Å². The molecule has 1 heterocycles. The number of rotatable bonds is 1. The van der Waals surface area contributed by atoms with Crippen molar-refractivity contribution in [2.45, 2.75) is 0 Å². The highest BCUT2D eigenvalue weighted by atomic mass is 79.9. The maximum Gasteiger partial charge on any atom is 0.169 e. The first-order valence-electron chi connectivity index (χ1n) is 3.97. The fourth-order valence-electron chi connectivity index (χ4n) is 1.22. The molecule has 1 aromatic carbocycles. The second-order valence-electron chi connectivity index (χ2n) is 2.88. The van der Waals surface area contributed by atoms with E-state index in [4.69, 9.17) is 10.2 Å². The Kier molecular flexibility index (Phi) is 2.29. The van der Waals surface area contributed by atoms with Crippen LogP contribution in [-0.2, 0) is 0 Å². The number of hydrogen-bond donors (Lipinski definition) is 1. The van der Waals surface area contributed by atoms with Gasteiger partial charge in [0, 0.05) is 11.3 Å². The first-order chi connectivity index (χ1) is 6.65. The molecule has 0 saturated heterocycles. The van der Waals surface area contributed by atoms with Crippen molar-refractivity contribution in [3.63, 3.8) is 0 Å². The van der Waals surface area contributed by atoms with Crippen molar-refractivity contribution in [1.82, 2.24) is 0 Å². The number of benzene rings is 1. The summed E-state index contributed by atoms with van der Waals surface area (Å²) in [7, 11) is 0. The minimum Gasteiger partial charge on any atom is -0.449 e. The monoisotopic (exact) mass is 255 g/mol. The fraction of sp³-hybridized carbons (Fsp3) is 0. The molecule has 0 unspecified atom stereocenters. The van der Waals surface area contributed by atoms with Crippen LogP contribution in [0.1, 0.15) is 0 Å². The Labute approximate surface area is 88.7 Å². The van der Waals surface area contributed by atoms with E-state index < -0.39 is 0 Å². The third-order valence-electron chi connectivity index (χ3n) is 1.78. The van der Waals surface area contributed by atoms with E-state index in [2.05, 4.69) is 15.9 Å². The molecule has 0 bridgehead atoms. The zero-order chi connectivity index (χ0) is 10.1. The summed E-state index contributed by atoms with van der Waals surface area (Å²) < 4.78 is 18.9. The van der Waals surface area contributed by atoms with Gasteiger partial charge in [0.05, 0.1) is 0 Å². The Morgan fingerprint density at radius 3 is 2.57 bits per heavy atom. The lowest BCUT2D eigenvalue weighted by molar-refractivity contribution is 0.554. The van der Waals surface area contributed by atoms with Gasteiger partial charge in [0.25, 0.3) is 0 Å². The molecule has 0 amide bonds. The Balaban J connectivity index is 2.51. The van der Waals surface area contributed by atoms with Crippen molar-refractivity contribution in [2.24, 2.45) is 0 Å². The lowest BCUT2D eigenvalue weighted by atomic mass is 10.1. The molecular formula is C10H7BrFNO. The summed E-state index contributed by atoms with van der Waals surface area (Å²) in [6, 6.07) is 7.80. The smallest absolute Gasteiger partial charge is 0.169 e. The van der Waals surface area contributed by atoms with Crippen LogP contribution in [0, 0.1) is 5.82 Å². The molecule has 2 N–H and O–H groups in total. The van der Waals surface area contributed by atoms with Crippen molar-refractivity contribution < 1.29 is 8.81 Å². The Bertz CT molecular complexity index is 447. The van der Waals surface area contributed by atoms with E-state index in [-0.39, 0.29) is 5.82 Å². The van der Waals surface area contributed by atoms with Crippen LogP contribution >= 0.6 is 15.9 Å². The molecule has 1 aromatic heterocycles. The van der Waals surface area contributed by atoms with Gasteiger partial charge in [0.15, 0.2) is 4.67 Å². The van der Waals surface area contributed by atoms with E-state index >= 15 is 0 Å². The highest BCUT2D eigenvalue weighted by Crippen LogP contribution is 2.27. The largest absolute Gasteiger partial charge is 0.449 e. The Hall–Kier alpha value is -1.29. The number of nitrogens with two attached hydrogens (primary N) is 1. The molecule has 0 spiro atoms. The van der Waals surface area contributed by atoms with Crippen LogP contribution in [0.25, 0.3) is 11.3 Å². The average Bonchev–Trinajstić information content (AvgIpc) is 2.50. The van der Waals surface area contributed by atoms with Crippen LogP contribution < -0.4 is 5.73 Å². The number of furan rings is 1. The van der Waals surface area contributed by atoms with Gasteiger partial charge in [-0.15, -0.1) is 0 Å². The zero-order valence-electron chi connectivity index (χ0n) is 7.13. The second kappa shape index (κ2) is 3.46. The van der Waals surface area contributed by atoms with Crippen LogP contribution in [0.4, 0.5) is 10.1 Å². The van der Waals surface area contributed by atoms with Crippen molar-refractivity contribution in [1.29, 1.82) is 0 Å². The molecule has 72 valence electrons. The van der Waals surface area contributed by atoms with Crippen LogP contribution in [0.3, 0.4) is 0 Å². The molecule has 2 aromatic rings. The van der Waals surface area contributed by atoms with Crippen molar-refractivity contribution in [2.75, 3.05) is 5.73 Å². The van der Waals surface area contributed by atoms with Gasteiger partial charge < -0.3 is 10.2 Å². The fourth-order valence-corrected chi connectivity index (χ4v) is 1.53. The maximum absolute atomic E-state index is 13.0. The summed E-state index contributed by atoms with van der Waals surface area (Å²) in [6.07, 6.45) is 0. The van der Waals surface area contributed by atoms with E-state index in [1.54, 1.807) is 18.2 Å². The first kappa shape index (κ1) is 9.27. The van der Waals surface area contributed by atoms with E-state index in [1.165, 1.54) is 12.1 Å². The first-order valence-corrected chi connectivity index (χ1v) is 4.76. The van der Waals surface area contributed by atoms with E-state index in [1.807, 2.05) is 0 Å². The Morgan fingerprint density at radius 2 is 2.00 bits per heavy atom. The van der Waals surface area contributed by atoms with Gasteiger partial charge in [-0.1, -0.05) is 0 Å². The summed E-state index contributed by atoms with van der Waals surface area (Å²) in [5.74, 6) is 0.218. The highest BCUT2D eigenvalue weighted by Gasteiger charge is 2.05. The third-order valence-corrected chi connectivity index (χ3v) is 2.20. The average molecular weight is 256 g/mol. The molecule has 4 heteroatoms. The summed E-state index contributed by atoms with van der Waals surface area (Å²) in [5.41, 5.74) is 6.52. The molecule has 2 rings (SSSR count). The molecule has 0 fully saturated rings. The standard InChI is InChI=1S/C10H7BrFNO/c11-10-2-1-9(14-10)6-3-7(12)5-8(13)4-6/h1-5H,13H2. The maximum atomic E-state index is 13.0. The predicted octanol–water partition coefficient (Wildman–Crippen LogP) is 3.43. The normalized spacial score (nSPS) is 10.4. The van der Waals surface area contributed by atoms with Gasteiger partial charge in [0.2, 0.25) is 0 Å². The van der Waals surface area contributed by atoms with Crippen LogP contribution in [0.2, 0.25) is 0 Å². The molecule has 2 nitrogen and oxygen atoms in total. The second-order valence-corrected chi connectivity index (χ2v) is 3.66. The van der Waals surface area contributed by atoms with E-state index in [0.29, 0.717) is 21.7 Å². The van der Waals surface area contributed by atoms with Gasteiger partial charge in [-0.05, 0) is 46.3 Å². The van der Waals surface area contributed by atoms with Gasteiger partial charge in [-0.3, -0.25) is 0 Å². The summed E-state index contributed by atoms with van der Waals surface area (Å²) in [4.78, 5) is 0. The summed E-state index contributed by atoms with van der Waals surface area (Å²) >= 11 is 3.17. The molecule has 0 atom stereocenters. The molecular weight excluding hydrogens is 249 g/mol. The number of anilines is 1. The lowest BCUT2D eigenvalue weighted by Crippen LogP contribution is -1.87. The van der Waals surface area contributed by atoms with Gasteiger partial charge >= 0.3 is 0 Å². The van der Waals surface area contributed by atoms with Gasteiger partial charge in [-0.2, -0.15) is 0 Å². The number of halogens is 2. The number of nitrogen functional groups attached to an aromatic ring is 1. The molecule has 0 saturated carbocycles. The highest BCUT2D eigenvalue weighted by molar-refractivity contribution is 9.10. The molecule has 0 aliphatic carbocycles. The topological polar surface area (TPSA) is 39.2 Å². The van der Waals surface area contributed by atoms with Crippen molar-refractivity contribution >= 4 is 21.6 Å². The van der Waals surface area contributed by atoms with E-state index in [9.17, 15) is 4.39 Å². The van der Waals surface area contributed by atoms with Gasteiger partial charge in [-0.25, -0.2) is 4.39 Å². The minimum atomic E-state index is -0.368. The summed E-state index contributed by atoms with van der Waals surface area (Å²) in [6.45, 7) is 0. The Morgan fingerprint density at radius 1 is 1.21 bits per heavy atom. The number of hydrogen-bond acceptors (Lipinski definition) is 2. The third kappa shape index (κ3) is 1.80. The minimum absolute atomic E-state index is 0.368. The van der Waals surface area contributed by atoms with Crippen LogP contribution in [0.15, 0.2) is 39.4 Å². The SMILES string of the molecule is Nc1cc(F)cc(-c2ccc(Br)o2)c1. The molecule has 14 heavy (non-hydrogen) atoms. The van der Waals surface area contributed by atoms with Crippen LogP contribution in [0.5, 0.6) is 0 Å². The molecule has 0 aliphatic heterocycles. The quantitative estimate of drug-likeness (QED) is 0.794. The molecule has 0 radical (unpaired) electrons. The lowest BCUT2D eigenvalue weighted by Gasteiger charge is -1.99. The van der Waals surface area contributed by atoms with Crippen molar-refractivity contribution in [3.05, 3.63) is 40.8 Å². The zero-order valence-corrected chi connectivity index (χ0v) is 8.71.